The standard InChI is InChI=1S/C17H15ClN4O/c1-11-6-8-12(9-7-11)16-21-17(23-22-16)13-4-2-3-5-14(13)20-15(19)10-18/h2-9H,10H2,1H3,(H2,19,20). The van der Waals surface area contributed by atoms with E-state index in [1.54, 1.807) is 0 Å². The number of aliphatic imine (C=N–C) groups is 1. The normalized spacial score (nSPS) is 11.7. The number of alkyl halides is 1. The van der Waals surface area contributed by atoms with Gasteiger partial charge in [-0.3, -0.25) is 0 Å². The first-order valence-corrected chi connectivity index (χ1v) is 7.60. The lowest BCUT2D eigenvalue weighted by molar-refractivity contribution is 0.432. The molecule has 0 aliphatic carbocycles. The van der Waals surface area contributed by atoms with Crippen LogP contribution < -0.4 is 5.73 Å². The highest BCUT2D eigenvalue weighted by atomic mass is 35.5. The van der Waals surface area contributed by atoms with Gasteiger partial charge in [0.1, 0.15) is 5.84 Å². The molecule has 23 heavy (non-hydrogen) atoms. The SMILES string of the molecule is Cc1ccc(-c2noc(-c3ccccc3N=C(N)CCl)n2)cc1. The van der Waals surface area contributed by atoms with E-state index in [1.165, 1.54) is 5.56 Å². The summed E-state index contributed by atoms with van der Waals surface area (Å²) in [6.07, 6.45) is 0. The van der Waals surface area contributed by atoms with E-state index in [-0.39, 0.29) is 5.88 Å². The van der Waals surface area contributed by atoms with Gasteiger partial charge in [-0.1, -0.05) is 47.1 Å². The van der Waals surface area contributed by atoms with Crippen molar-refractivity contribution < 1.29 is 4.52 Å². The number of amidine groups is 1. The van der Waals surface area contributed by atoms with Crippen LogP contribution in [0.25, 0.3) is 22.8 Å². The van der Waals surface area contributed by atoms with Gasteiger partial charge in [0, 0.05) is 5.56 Å². The Bertz CT molecular complexity index is 840. The fourth-order valence-electron chi connectivity index (χ4n) is 2.09. The van der Waals surface area contributed by atoms with Crippen LogP contribution in [0.5, 0.6) is 0 Å². The molecule has 5 nitrogen and oxygen atoms in total. The summed E-state index contributed by atoms with van der Waals surface area (Å²) < 4.78 is 5.39. The summed E-state index contributed by atoms with van der Waals surface area (Å²) in [5.41, 5.74) is 9.14. The third-order valence-electron chi connectivity index (χ3n) is 3.27. The number of aromatic nitrogens is 2. The third-order valence-corrected chi connectivity index (χ3v) is 3.55. The highest BCUT2D eigenvalue weighted by molar-refractivity contribution is 6.28. The molecule has 0 saturated heterocycles. The maximum Gasteiger partial charge on any atom is 0.260 e. The van der Waals surface area contributed by atoms with Crippen molar-refractivity contribution in [2.24, 2.45) is 10.7 Å². The summed E-state index contributed by atoms with van der Waals surface area (Å²) in [5.74, 6) is 1.41. The second-order valence-corrected chi connectivity index (χ2v) is 5.31. The van der Waals surface area contributed by atoms with E-state index in [1.807, 2.05) is 55.5 Å². The minimum atomic E-state index is 0.160. The Kier molecular flexibility index (Phi) is 4.39. The molecule has 116 valence electrons. The Morgan fingerprint density at radius 1 is 1.17 bits per heavy atom. The van der Waals surface area contributed by atoms with E-state index >= 15 is 0 Å². The summed E-state index contributed by atoms with van der Waals surface area (Å²) in [6.45, 7) is 2.03. The molecule has 0 aliphatic rings. The van der Waals surface area contributed by atoms with Gasteiger partial charge >= 0.3 is 0 Å². The van der Waals surface area contributed by atoms with Crippen LogP contribution in [-0.4, -0.2) is 21.9 Å². The molecule has 0 saturated carbocycles. The van der Waals surface area contributed by atoms with Crippen LogP contribution in [0.2, 0.25) is 0 Å². The molecule has 0 fully saturated rings. The molecule has 2 N–H and O–H groups in total. The van der Waals surface area contributed by atoms with E-state index in [4.69, 9.17) is 21.9 Å². The maximum absolute atomic E-state index is 5.71. The molecule has 0 radical (unpaired) electrons. The van der Waals surface area contributed by atoms with Crippen LogP contribution in [0.15, 0.2) is 58.0 Å². The number of para-hydroxylation sites is 1. The fourth-order valence-corrected chi connectivity index (χ4v) is 2.15. The van der Waals surface area contributed by atoms with Crippen molar-refractivity contribution in [3.8, 4) is 22.8 Å². The molecule has 3 rings (SSSR count). The van der Waals surface area contributed by atoms with Gasteiger partial charge in [-0.15, -0.1) is 11.6 Å². The average Bonchev–Trinajstić information content (AvgIpc) is 3.05. The van der Waals surface area contributed by atoms with Gasteiger partial charge in [-0.25, -0.2) is 4.99 Å². The molecule has 0 aliphatic heterocycles. The monoisotopic (exact) mass is 326 g/mol. The van der Waals surface area contributed by atoms with Crippen molar-refractivity contribution >= 4 is 23.1 Å². The maximum atomic E-state index is 5.71. The first-order chi connectivity index (χ1) is 11.2. The first-order valence-electron chi connectivity index (χ1n) is 7.06. The van der Waals surface area contributed by atoms with E-state index in [0.29, 0.717) is 28.8 Å². The first kappa shape index (κ1) is 15.2. The van der Waals surface area contributed by atoms with Crippen molar-refractivity contribution in [2.45, 2.75) is 6.92 Å². The van der Waals surface area contributed by atoms with E-state index < -0.39 is 0 Å². The predicted octanol–water partition coefficient (Wildman–Crippen LogP) is 3.94. The lowest BCUT2D eigenvalue weighted by atomic mass is 10.1. The third kappa shape index (κ3) is 3.40. The minimum Gasteiger partial charge on any atom is -0.386 e. The molecule has 0 amide bonds. The van der Waals surface area contributed by atoms with Crippen molar-refractivity contribution in [2.75, 3.05) is 5.88 Å². The Balaban J connectivity index is 1.99. The predicted molar refractivity (Wildman–Crippen MR) is 91.9 cm³/mol. The number of hydrogen-bond acceptors (Lipinski definition) is 4. The van der Waals surface area contributed by atoms with Gasteiger partial charge in [0.15, 0.2) is 0 Å². The van der Waals surface area contributed by atoms with E-state index in [9.17, 15) is 0 Å². The summed E-state index contributed by atoms with van der Waals surface area (Å²) in [6, 6.07) is 15.3. The van der Waals surface area contributed by atoms with Crippen molar-refractivity contribution in [3.05, 3.63) is 54.1 Å². The van der Waals surface area contributed by atoms with Crippen LogP contribution in [-0.2, 0) is 0 Å². The van der Waals surface area contributed by atoms with Crippen LogP contribution in [0.3, 0.4) is 0 Å². The van der Waals surface area contributed by atoms with Crippen molar-refractivity contribution in [1.82, 2.24) is 10.1 Å². The highest BCUT2D eigenvalue weighted by Crippen LogP contribution is 2.30. The molecule has 0 atom stereocenters. The number of halogens is 1. The topological polar surface area (TPSA) is 77.3 Å². The lowest BCUT2D eigenvalue weighted by Crippen LogP contribution is -2.12. The zero-order valence-electron chi connectivity index (χ0n) is 12.5. The largest absolute Gasteiger partial charge is 0.386 e. The highest BCUT2D eigenvalue weighted by Gasteiger charge is 2.13. The second kappa shape index (κ2) is 6.62. The minimum absolute atomic E-state index is 0.160. The molecule has 1 aromatic heterocycles. The number of hydrogen-bond donors (Lipinski definition) is 1. The molecule has 0 bridgehead atoms. The Morgan fingerprint density at radius 3 is 2.65 bits per heavy atom. The van der Waals surface area contributed by atoms with Gasteiger partial charge in [-0.2, -0.15) is 4.98 Å². The number of rotatable bonds is 4. The second-order valence-electron chi connectivity index (χ2n) is 5.04. The van der Waals surface area contributed by atoms with E-state index in [0.717, 1.165) is 5.56 Å². The zero-order chi connectivity index (χ0) is 16.2. The average molecular weight is 327 g/mol. The van der Waals surface area contributed by atoms with Crippen LogP contribution in [0.4, 0.5) is 5.69 Å². The van der Waals surface area contributed by atoms with Gasteiger partial charge in [0.2, 0.25) is 5.82 Å². The Morgan fingerprint density at radius 2 is 1.91 bits per heavy atom. The summed E-state index contributed by atoms with van der Waals surface area (Å²) in [5, 5.41) is 4.04. The fraction of sp³-hybridized carbons (Fsp3) is 0.118. The van der Waals surface area contributed by atoms with Gasteiger partial charge in [0.05, 0.1) is 17.1 Å². The lowest BCUT2D eigenvalue weighted by Gasteiger charge is -2.01. The molecule has 0 unspecified atom stereocenters. The summed E-state index contributed by atoms with van der Waals surface area (Å²) >= 11 is 5.69. The summed E-state index contributed by atoms with van der Waals surface area (Å²) in [4.78, 5) is 8.74. The van der Waals surface area contributed by atoms with Gasteiger partial charge < -0.3 is 10.3 Å². The molecule has 0 spiro atoms. The van der Waals surface area contributed by atoms with Crippen molar-refractivity contribution in [1.29, 1.82) is 0 Å². The van der Waals surface area contributed by atoms with Crippen LogP contribution in [0.1, 0.15) is 5.56 Å². The number of nitrogens with zero attached hydrogens (tertiary/aromatic N) is 3. The van der Waals surface area contributed by atoms with Crippen LogP contribution >= 0.6 is 11.6 Å². The number of benzene rings is 2. The smallest absolute Gasteiger partial charge is 0.260 e. The van der Waals surface area contributed by atoms with Crippen molar-refractivity contribution in [3.63, 3.8) is 0 Å². The molecular weight excluding hydrogens is 312 g/mol. The molecule has 3 aromatic rings. The molecular formula is C17H15ClN4O. The number of nitrogens with two attached hydrogens (primary N) is 1. The van der Waals surface area contributed by atoms with Gasteiger partial charge in [0.25, 0.3) is 5.89 Å². The molecule has 6 heteroatoms. The quantitative estimate of drug-likeness (QED) is 0.447. The Labute approximate surface area is 138 Å². The van der Waals surface area contributed by atoms with E-state index in [2.05, 4.69) is 15.1 Å². The molecule has 2 aromatic carbocycles. The van der Waals surface area contributed by atoms with Gasteiger partial charge in [-0.05, 0) is 19.1 Å². The Hall–Kier alpha value is -2.66. The summed E-state index contributed by atoms with van der Waals surface area (Å²) in [7, 11) is 0. The molecule has 1 heterocycles. The number of aryl methyl sites for hydroxylation is 1. The zero-order valence-corrected chi connectivity index (χ0v) is 13.3. The van der Waals surface area contributed by atoms with Crippen LogP contribution in [0, 0.1) is 6.92 Å².